The van der Waals surface area contributed by atoms with Crippen LogP contribution in [0.15, 0.2) is 24.3 Å². The van der Waals surface area contributed by atoms with Crippen LogP contribution >= 0.6 is 11.6 Å². The Hall–Kier alpha value is -1.33. The van der Waals surface area contributed by atoms with E-state index < -0.39 is 5.92 Å². The first-order valence-electron chi connectivity index (χ1n) is 5.82. The zero-order valence-corrected chi connectivity index (χ0v) is 10.9. The molecule has 17 heavy (non-hydrogen) atoms. The second kappa shape index (κ2) is 6.42. The second-order valence-electron chi connectivity index (χ2n) is 4.03. The fourth-order valence-electron chi connectivity index (χ4n) is 1.92. The van der Waals surface area contributed by atoms with Crippen LogP contribution in [0.2, 0.25) is 5.02 Å². The molecule has 2 nitrogen and oxygen atoms in total. The van der Waals surface area contributed by atoms with Crippen molar-refractivity contribution >= 4 is 17.4 Å². The summed E-state index contributed by atoms with van der Waals surface area (Å²) in [6.07, 6.45) is 1.54. The third-order valence-electron chi connectivity index (χ3n) is 2.98. The Morgan fingerprint density at radius 1 is 1.41 bits per heavy atom. The zero-order valence-electron chi connectivity index (χ0n) is 10.1. The van der Waals surface area contributed by atoms with E-state index in [0.29, 0.717) is 10.6 Å². The second-order valence-corrected chi connectivity index (χ2v) is 4.47. The Bertz CT molecular complexity index is 432. The minimum atomic E-state index is -0.696. The topological polar surface area (TPSA) is 40.9 Å². The summed E-state index contributed by atoms with van der Waals surface area (Å²) < 4.78 is 0. The van der Waals surface area contributed by atoms with Crippen LogP contribution in [0.1, 0.15) is 38.2 Å². The van der Waals surface area contributed by atoms with E-state index in [1.54, 1.807) is 24.3 Å². The van der Waals surface area contributed by atoms with Gasteiger partial charge in [-0.05, 0) is 30.5 Å². The van der Waals surface area contributed by atoms with Gasteiger partial charge in [-0.15, -0.1) is 0 Å². The van der Waals surface area contributed by atoms with E-state index in [1.165, 1.54) is 0 Å². The van der Waals surface area contributed by atoms with Crippen molar-refractivity contribution < 1.29 is 4.79 Å². The summed E-state index contributed by atoms with van der Waals surface area (Å²) in [6.45, 7) is 3.94. The maximum Gasteiger partial charge on any atom is 0.157 e. The standard InChI is InChI=1S/C14H16ClNO/c1-3-10(4-2)14(17)13(9-16)11-6-5-7-12(15)8-11/h5-8,10,13H,3-4H2,1-2H3. The van der Waals surface area contributed by atoms with Crippen molar-refractivity contribution in [2.24, 2.45) is 5.92 Å². The Morgan fingerprint density at radius 2 is 2.06 bits per heavy atom. The molecule has 1 rings (SSSR count). The average Bonchev–Trinajstić information content (AvgIpc) is 2.31. The lowest BCUT2D eigenvalue weighted by Crippen LogP contribution is -2.20. The number of rotatable bonds is 5. The van der Waals surface area contributed by atoms with Gasteiger partial charge in [0.15, 0.2) is 5.78 Å². The maximum atomic E-state index is 12.2. The molecule has 0 saturated carbocycles. The van der Waals surface area contributed by atoms with Crippen LogP contribution in [-0.2, 0) is 4.79 Å². The van der Waals surface area contributed by atoms with Gasteiger partial charge in [0.2, 0.25) is 0 Å². The predicted molar refractivity (Wildman–Crippen MR) is 68.9 cm³/mol. The molecule has 0 radical (unpaired) electrons. The number of carbonyl (C=O) groups excluding carboxylic acids is 1. The van der Waals surface area contributed by atoms with Crippen LogP contribution in [-0.4, -0.2) is 5.78 Å². The summed E-state index contributed by atoms with van der Waals surface area (Å²) >= 11 is 5.88. The van der Waals surface area contributed by atoms with Gasteiger partial charge < -0.3 is 0 Å². The quantitative estimate of drug-likeness (QED) is 0.793. The van der Waals surface area contributed by atoms with E-state index in [-0.39, 0.29) is 11.7 Å². The summed E-state index contributed by atoms with van der Waals surface area (Å²) in [4.78, 5) is 12.2. The lowest BCUT2D eigenvalue weighted by molar-refractivity contribution is -0.123. The Kier molecular flexibility index (Phi) is 5.18. The zero-order chi connectivity index (χ0) is 12.8. The summed E-state index contributed by atoms with van der Waals surface area (Å²) in [5, 5.41) is 9.72. The van der Waals surface area contributed by atoms with Crippen molar-refractivity contribution in [1.29, 1.82) is 5.26 Å². The molecule has 3 heteroatoms. The van der Waals surface area contributed by atoms with Crippen LogP contribution < -0.4 is 0 Å². The average molecular weight is 250 g/mol. The van der Waals surface area contributed by atoms with Crippen LogP contribution in [0.4, 0.5) is 0 Å². The number of carbonyl (C=O) groups is 1. The van der Waals surface area contributed by atoms with E-state index in [0.717, 1.165) is 12.8 Å². The number of Topliss-reactive ketones (excluding diaryl/α,β-unsaturated/α-hetero) is 1. The van der Waals surface area contributed by atoms with Crippen molar-refractivity contribution in [3.05, 3.63) is 34.9 Å². The highest BCUT2D eigenvalue weighted by Crippen LogP contribution is 2.25. The van der Waals surface area contributed by atoms with E-state index in [2.05, 4.69) is 6.07 Å². The predicted octanol–water partition coefficient (Wildman–Crippen LogP) is 3.95. The SMILES string of the molecule is CCC(CC)C(=O)C(C#N)c1cccc(Cl)c1. The molecule has 0 spiro atoms. The smallest absolute Gasteiger partial charge is 0.157 e. The van der Waals surface area contributed by atoms with Crippen molar-refractivity contribution in [2.75, 3.05) is 0 Å². The number of hydrogen-bond donors (Lipinski definition) is 0. The molecule has 0 bridgehead atoms. The Balaban J connectivity index is 3.00. The Morgan fingerprint density at radius 3 is 2.53 bits per heavy atom. The fraction of sp³-hybridized carbons (Fsp3) is 0.429. The molecule has 0 fully saturated rings. The molecular weight excluding hydrogens is 234 g/mol. The monoisotopic (exact) mass is 249 g/mol. The molecule has 0 aliphatic heterocycles. The molecular formula is C14H16ClNO. The molecule has 1 atom stereocenters. The number of halogens is 1. The van der Waals surface area contributed by atoms with Gasteiger partial charge in [-0.3, -0.25) is 4.79 Å². The third-order valence-corrected chi connectivity index (χ3v) is 3.22. The molecule has 1 aromatic rings. The van der Waals surface area contributed by atoms with Crippen LogP contribution in [0, 0.1) is 17.2 Å². The van der Waals surface area contributed by atoms with Crippen LogP contribution in [0.5, 0.6) is 0 Å². The first-order valence-corrected chi connectivity index (χ1v) is 6.20. The summed E-state index contributed by atoms with van der Waals surface area (Å²) in [7, 11) is 0. The van der Waals surface area contributed by atoms with Crippen molar-refractivity contribution in [3.8, 4) is 6.07 Å². The maximum absolute atomic E-state index is 12.2. The van der Waals surface area contributed by atoms with Gasteiger partial charge >= 0.3 is 0 Å². The number of benzene rings is 1. The molecule has 0 aliphatic rings. The molecule has 0 saturated heterocycles. The lowest BCUT2D eigenvalue weighted by Gasteiger charge is -2.15. The minimum absolute atomic E-state index is 0.000216. The number of nitrogens with zero attached hydrogens (tertiary/aromatic N) is 1. The fourth-order valence-corrected chi connectivity index (χ4v) is 2.11. The highest BCUT2D eigenvalue weighted by Gasteiger charge is 2.25. The normalized spacial score (nSPS) is 12.2. The summed E-state index contributed by atoms with van der Waals surface area (Å²) in [6, 6.07) is 9.06. The van der Waals surface area contributed by atoms with E-state index in [9.17, 15) is 4.79 Å². The number of ketones is 1. The molecule has 1 unspecified atom stereocenters. The van der Waals surface area contributed by atoms with Crippen LogP contribution in [0.3, 0.4) is 0 Å². The molecule has 0 N–H and O–H groups in total. The van der Waals surface area contributed by atoms with Gasteiger partial charge in [0.05, 0.1) is 6.07 Å². The highest BCUT2D eigenvalue weighted by molar-refractivity contribution is 6.30. The van der Waals surface area contributed by atoms with Gasteiger partial charge in [0.1, 0.15) is 5.92 Å². The molecule has 0 aliphatic carbocycles. The highest BCUT2D eigenvalue weighted by atomic mass is 35.5. The van der Waals surface area contributed by atoms with Crippen LogP contribution in [0.25, 0.3) is 0 Å². The van der Waals surface area contributed by atoms with Crippen molar-refractivity contribution in [3.63, 3.8) is 0 Å². The number of nitriles is 1. The molecule has 0 aromatic heterocycles. The van der Waals surface area contributed by atoms with Gasteiger partial charge in [-0.1, -0.05) is 37.6 Å². The first kappa shape index (κ1) is 13.7. The molecule has 0 amide bonds. The molecule has 0 heterocycles. The third kappa shape index (κ3) is 3.31. The molecule has 1 aromatic carbocycles. The van der Waals surface area contributed by atoms with E-state index in [1.807, 2.05) is 13.8 Å². The summed E-state index contributed by atoms with van der Waals surface area (Å²) in [5.74, 6) is -0.739. The van der Waals surface area contributed by atoms with Crippen molar-refractivity contribution in [2.45, 2.75) is 32.6 Å². The number of hydrogen-bond acceptors (Lipinski definition) is 2. The summed E-state index contributed by atoms with van der Waals surface area (Å²) in [5.41, 5.74) is 0.692. The van der Waals surface area contributed by atoms with Crippen molar-refractivity contribution in [1.82, 2.24) is 0 Å². The largest absolute Gasteiger partial charge is 0.298 e. The van der Waals surface area contributed by atoms with E-state index >= 15 is 0 Å². The first-order chi connectivity index (χ1) is 8.13. The van der Waals surface area contributed by atoms with Gasteiger partial charge in [-0.2, -0.15) is 5.26 Å². The van der Waals surface area contributed by atoms with Gasteiger partial charge in [0, 0.05) is 10.9 Å². The minimum Gasteiger partial charge on any atom is -0.298 e. The lowest BCUT2D eigenvalue weighted by atomic mass is 9.86. The Labute approximate surface area is 107 Å². The van der Waals surface area contributed by atoms with Gasteiger partial charge in [-0.25, -0.2) is 0 Å². The van der Waals surface area contributed by atoms with E-state index in [4.69, 9.17) is 16.9 Å². The molecule has 90 valence electrons. The van der Waals surface area contributed by atoms with Gasteiger partial charge in [0.25, 0.3) is 0 Å².